The van der Waals surface area contributed by atoms with Crippen LogP contribution in [0.25, 0.3) is 0 Å². The Morgan fingerprint density at radius 2 is 1.79 bits per heavy atom. The quantitative estimate of drug-likeness (QED) is 0.491. The lowest BCUT2D eigenvalue weighted by Crippen LogP contribution is -2.51. The first-order valence-electron chi connectivity index (χ1n) is 11.9. The van der Waals surface area contributed by atoms with E-state index in [2.05, 4.69) is 11.0 Å². The van der Waals surface area contributed by atoms with Gasteiger partial charge in [-0.25, -0.2) is 0 Å². The minimum atomic E-state index is -0.206. The Balaban J connectivity index is 1.29. The van der Waals surface area contributed by atoms with Crippen molar-refractivity contribution in [3.05, 3.63) is 75.3 Å². The molecule has 0 aromatic heterocycles. The van der Waals surface area contributed by atoms with E-state index in [-0.39, 0.29) is 11.8 Å². The van der Waals surface area contributed by atoms with Crippen LogP contribution in [0.5, 0.6) is 5.75 Å². The molecule has 176 valence electrons. The second-order valence-electron chi connectivity index (χ2n) is 9.19. The molecule has 1 atom stereocenters. The van der Waals surface area contributed by atoms with Gasteiger partial charge < -0.3 is 4.74 Å². The fourth-order valence-corrected chi connectivity index (χ4v) is 6.45. The number of fused-ring (bicyclic) bond motifs is 1. The normalized spacial score (nSPS) is 21.8. The van der Waals surface area contributed by atoms with Crippen LogP contribution >= 0.6 is 23.4 Å². The summed E-state index contributed by atoms with van der Waals surface area (Å²) < 4.78 is 5.90. The van der Waals surface area contributed by atoms with Crippen molar-refractivity contribution in [1.82, 2.24) is 9.80 Å². The first-order chi connectivity index (χ1) is 16.6. The third-order valence-corrected chi connectivity index (χ3v) is 8.43. The number of benzene rings is 2. The van der Waals surface area contributed by atoms with Crippen molar-refractivity contribution in [2.75, 3.05) is 12.5 Å². The van der Waals surface area contributed by atoms with E-state index >= 15 is 0 Å². The van der Waals surface area contributed by atoms with Crippen molar-refractivity contribution in [3.63, 3.8) is 0 Å². The van der Waals surface area contributed by atoms with Gasteiger partial charge in [-0.3, -0.25) is 14.6 Å². The molecule has 0 spiro atoms. The number of allylic oxidation sites excluding steroid dienone is 1. The summed E-state index contributed by atoms with van der Waals surface area (Å²) >= 11 is 7.59. The molecule has 0 unspecified atom stereocenters. The summed E-state index contributed by atoms with van der Waals surface area (Å²) in [6.45, 7) is 1.07. The number of amides is 1. The summed E-state index contributed by atoms with van der Waals surface area (Å²) in [4.78, 5) is 17.4. The highest BCUT2D eigenvalue weighted by Gasteiger charge is 2.39. The molecular weight excluding hydrogens is 466 g/mol. The molecule has 7 heteroatoms. The Labute approximate surface area is 210 Å². The monoisotopic (exact) mass is 493 g/mol. The molecule has 0 bridgehead atoms. The van der Waals surface area contributed by atoms with Gasteiger partial charge in [0.1, 0.15) is 12.4 Å². The van der Waals surface area contributed by atoms with Gasteiger partial charge in [0.15, 0.2) is 0 Å². The summed E-state index contributed by atoms with van der Waals surface area (Å²) in [6.07, 6.45) is 6.61. The zero-order valence-corrected chi connectivity index (χ0v) is 20.7. The van der Waals surface area contributed by atoms with Crippen LogP contribution in [0, 0.1) is 11.3 Å². The van der Waals surface area contributed by atoms with E-state index in [1.165, 1.54) is 32.1 Å². The van der Waals surface area contributed by atoms with E-state index in [9.17, 15) is 10.1 Å². The number of carbonyl (C=O) groups excluding carboxylic acids is 1. The molecular formula is C27H28ClN3O2S. The predicted molar refractivity (Wildman–Crippen MR) is 135 cm³/mol. The summed E-state index contributed by atoms with van der Waals surface area (Å²) in [5, 5.41) is 11.6. The topological polar surface area (TPSA) is 56.6 Å². The highest BCUT2D eigenvalue weighted by molar-refractivity contribution is 8.03. The Hall–Kier alpha value is -2.46. The molecule has 2 heterocycles. The second-order valence-corrected chi connectivity index (χ2v) is 10.6. The molecule has 2 aromatic carbocycles. The maximum absolute atomic E-state index is 13.2. The molecule has 1 saturated carbocycles. The van der Waals surface area contributed by atoms with Crippen LogP contribution in [-0.4, -0.2) is 34.3 Å². The Morgan fingerprint density at radius 3 is 2.50 bits per heavy atom. The molecule has 0 radical (unpaired) electrons. The van der Waals surface area contributed by atoms with Crippen LogP contribution in [-0.2, 0) is 11.4 Å². The molecule has 2 fully saturated rings. The Bertz CT molecular complexity index is 1100. The van der Waals surface area contributed by atoms with Crippen molar-refractivity contribution in [1.29, 1.82) is 5.26 Å². The van der Waals surface area contributed by atoms with Crippen molar-refractivity contribution in [2.45, 2.75) is 57.1 Å². The van der Waals surface area contributed by atoms with Gasteiger partial charge in [-0.15, -0.1) is 0 Å². The minimum Gasteiger partial charge on any atom is -0.489 e. The van der Waals surface area contributed by atoms with Crippen molar-refractivity contribution in [3.8, 4) is 11.8 Å². The van der Waals surface area contributed by atoms with Crippen LogP contribution in [0.2, 0.25) is 5.02 Å². The highest BCUT2D eigenvalue weighted by atomic mass is 35.5. The van der Waals surface area contributed by atoms with Crippen LogP contribution in [0.1, 0.15) is 55.6 Å². The maximum atomic E-state index is 13.2. The van der Waals surface area contributed by atoms with E-state index < -0.39 is 0 Å². The number of ether oxygens (including phenoxy) is 1. The molecule has 34 heavy (non-hydrogen) atoms. The van der Waals surface area contributed by atoms with E-state index in [1.54, 1.807) is 11.8 Å². The fourth-order valence-electron chi connectivity index (χ4n) is 5.08. The molecule has 1 amide bonds. The van der Waals surface area contributed by atoms with Crippen LogP contribution < -0.4 is 4.74 Å². The summed E-state index contributed by atoms with van der Waals surface area (Å²) in [5.41, 5.74) is 2.73. The first-order valence-corrected chi connectivity index (χ1v) is 13.3. The van der Waals surface area contributed by atoms with Gasteiger partial charge >= 0.3 is 0 Å². The zero-order chi connectivity index (χ0) is 23.5. The third kappa shape index (κ3) is 4.98. The Morgan fingerprint density at radius 1 is 1.06 bits per heavy atom. The van der Waals surface area contributed by atoms with E-state index in [0.29, 0.717) is 36.3 Å². The van der Waals surface area contributed by atoms with E-state index in [0.717, 1.165) is 27.8 Å². The molecule has 2 aliphatic heterocycles. The van der Waals surface area contributed by atoms with Gasteiger partial charge in [0.05, 0.1) is 29.2 Å². The van der Waals surface area contributed by atoms with Gasteiger partial charge in [-0.1, -0.05) is 66.9 Å². The maximum Gasteiger partial charge on any atom is 0.229 e. The average molecular weight is 494 g/mol. The third-order valence-electron chi connectivity index (χ3n) is 7.01. The average Bonchev–Trinajstić information content (AvgIpc) is 2.89. The second kappa shape index (κ2) is 10.4. The van der Waals surface area contributed by atoms with Crippen LogP contribution in [0.15, 0.2) is 59.1 Å². The molecule has 3 aliphatic rings. The summed E-state index contributed by atoms with van der Waals surface area (Å²) in [6, 6.07) is 18.4. The fraction of sp³-hybridized carbons (Fsp3) is 0.407. The summed E-state index contributed by atoms with van der Waals surface area (Å²) in [7, 11) is 0. The van der Waals surface area contributed by atoms with Crippen LogP contribution in [0.4, 0.5) is 0 Å². The van der Waals surface area contributed by atoms with Gasteiger partial charge in [0.2, 0.25) is 5.91 Å². The van der Waals surface area contributed by atoms with Crippen molar-refractivity contribution < 1.29 is 9.53 Å². The van der Waals surface area contributed by atoms with Gasteiger partial charge in [0, 0.05) is 23.4 Å². The van der Waals surface area contributed by atoms with Gasteiger partial charge in [0.25, 0.3) is 0 Å². The number of carbonyl (C=O) groups is 1. The molecule has 1 saturated heterocycles. The standard InChI is InChI=1S/C27H28ClN3O2S/c28-21-10-6-19(7-11-21)16-33-23-12-8-20(9-13-23)24-14-26(32)31-17-30(22-4-2-1-3-5-22)18-34-27(31)25(24)15-29/h6-13,22,24H,1-5,14,16-18H2/t24-/m1/s1. The molecule has 5 nitrogen and oxygen atoms in total. The summed E-state index contributed by atoms with van der Waals surface area (Å²) in [5.74, 6) is 1.50. The number of nitrogens with zero attached hydrogens (tertiary/aromatic N) is 3. The number of rotatable bonds is 5. The van der Waals surface area contributed by atoms with E-state index in [1.807, 2.05) is 53.4 Å². The number of hydrogen-bond acceptors (Lipinski definition) is 5. The smallest absolute Gasteiger partial charge is 0.229 e. The lowest BCUT2D eigenvalue weighted by molar-refractivity contribution is -0.132. The first kappa shape index (κ1) is 23.3. The molecule has 2 aromatic rings. The molecule has 1 aliphatic carbocycles. The molecule has 0 N–H and O–H groups in total. The largest absolute Gasteiger partial charge is 0.489 e. The van der Waals surface area contributed by atoms with Crippen LogP contribution in [0.3, 0.4) is 0 Å². The van der Waals surface area contributed by atoms with Gasteiger partial charge in [-0.05, 0) is 48.2 Å². The van der Waals surface area contributed by atoms with Gasteiger partial charge in [-0.2, -0.15) is 5.26 Å². The number of halogens is 1. The predicted octanol–water partition coefficient (Wildman–Crippen LogP) is 6.27. The highest BCUT2D eigenvalue weighted by Crippen LogP contribution is 2.43. The van der Waals surface area contributed by atoms with Crippen molar-refractivity contribution >= 4 is 29.3 Å². The number of hydrogen-bond donors (Lipinski definition) is 0. The van der Waals surface area contributed by atoms with E-state index in [4.69, 9.17) is 16.3 Å². The SMILES string of the molecule is N#CC1=C2SCN(C3CCCCC3)CN2C(=O)C[C@@H]1c1ccc(OCc2ccc(Cl)cc2)cc1. The number of nitriles is 1. The molecule has 5 rings (SSSR count). The lowest BCUT2D eigenvalue weighted by atomic mass is 9.86. The lowest BCUT2D eigenvalue weighted by Gasteiger charge is -2.44. The minimum absolute atomic E-state index is 0.107. The zero-order valence-electron chi connectivity index (χ0n) is 19.1. The Kier molecular flexibility index (Phi) is 7.15. The van der Waals surface area contributed by atoms with Crippen molar-refractivity contribution in [2.24, 2.45) is 0 Å². The number of thioether (sulfide) groups is 1.